The first-order valence-electron chi connectivity index (χ1n) is 7.28. The lowest BCUT2D eigenvalue weighted by molar-refractivity contribution is 0.681. The van der Waals surface area contributed by atoms with Gasteiger partial charge in [-0.05, 0) is 25.3 Å². The molecule has 0 saturated heterocycles. The van der Waals surface area contributed by atoms with Crippen LogP contribution in [0.25, 0.3) is 21.8 Å². The van der Waals surface area contributed by atoms with E-state index < -0.39 is 0 Å². The third kappa shape index (κ3) is 2.76. The van der Waals surface area contributed by atoms with Gasteiger partial charge in [-0.3, -0.25) is 5.43 Å². The molecule has 5 nitrogen and oxygen atoms in total. The van der Waals surface area contributed by atoms with Gasteiger partial charge in [0.05, 0.1) is 10.9 Å². The summed E-state index contributed by atoms with van der Waals surface area (Å²) in [6, 6.07) is 7.97. The van der Waals surface area contributed by atoms with E-state index in [0.29, 0.717) is 16.9 Å². The zero-order chi connectivity index (χ0) is 15.7. The second-order valence-electron chi connectivity index (χ2n) is 5.82. The fraction of sp³-hybridized carbons (Fsp3) is 0.312. The molecule has 0 radical (unpaired) electrons. The molecule has 1 aromatic carbocycles. The SMILES string of the molecule is C/C(CC(C)C)=N/Nc1nnc(Cl)c2c1[nH]c1ccccc12. The molecule has 0 aliphatic heterocycles. The molecule has 2 heterocycles. The molecule has 22 heavy (non-hydrogen) atoms. The number of para-hydroxylation sites is 1. The molecule has 2 N–H and O–H groups in total. The standard InChI is InChI=1S/C16H18ClN5/c1-9(2)8-10(3)19-21-16-14-13(15(17)20-22-16)11-6-4-5-7-12(11)18-14/h4-7,9,18H,8H2,1-3H3,(H,21,22)/b19-10-. The highest BCUT2D eigenvalue weighted by Crippen LogP contribution is 2.32. The molecule has 0 atom stereocenters. The maximum absolute atomic E-state index is 6.22. The van der Waals surface area contributed by atoms with E-state index in [-0.39, 0.29) is 0 Å². The Kier molecular flexibility index (Phi) is 3.98. The van der Waals surface area contributed by atoms with Crippen LogP contribution in [-0.4, -0.2) is 20.9 Å². The van der Waals surface area contributed by atoms with E-state index in [1.165, 1.54) is 0 Å². The van der Waals surface area contributed by atoms with Crippen molar-refractivity contribution in [3.63, 3.8) is 0 Å². The number of aromatic nitrogens is 3. The molecule has 0 amide bonds. The molecule has 0 bridgehead atoms. The number of nitrogens with one attached hydrogen (secondary N) is 2. The second-order valence-corrected chi connectivity index (χ2v) is 6.17. The van der Waals surface area contributed by atoms with Gasteiger partial charge in [-0.25, -0.2) is 0 Å². The Labute approximate surface area is 133 Å². The molecule has 0 aliphatic rings. The summed E-state index contributed by atoms with van der Waals surface area (Å²) in [5.74, 6) is 1.15. The third-order valence-corrected chi connectivity index (χ3v) is 3.71. The van der Waals surface area contributed by atoms with E-state index in [9.17, 15) is 0 Å². The second kappa shape index (κ2) is 5.93. The van der Waals surface area contributed by atoms with Crippen LogP contribution in [0, 0.1) is 5.92 Å². The predicted molar refractivity (Wildman–Crippen MR) is 92.6 cm³/mol. The highest BCUT2D eigenvalue weighted by molar-refractivity contribution is 6.37. The lowest BCUT2D eigenvalue weighted by atomic mass is 10.1. The number of benzene rings is 1. The van der Waals surface area contributed by atoms with Crippen LogP contribution < -0.4 is 5.43 Å². The number of hydrogen-bond donors (Lipinski definition) is 2. The van der Waals surface area contributed by atoms with Gasteiger partial charge in [0.15, 0.2) is 11.0 Å². The van der Waals surface area contributed by atoms with Crippen molar-refractivity contribution in [1.82, 2.24) is 15.2 Å². The first kappa shape index (κ1) is 14.8. The molecule has 0 saturated carbocycles. The topological polar surface area (TPSA) is 66.0 Å². The number of aromatic amines is 1. The van der Waals surface area contributed by atoms with Crippen LogP contribution in [0.3, 0.4) is 0 Å². The monoisotopic (exact) mass is 315 g/mol. The van der Waals surface area contributed by atoms with Crippen molar-refractivity contribution >= 4 is 44.9 Å². The Morgan fingerprint density at radius 2 is 2.09 bits per heavy atom. The van der Waals surface area contributed by atoms with Crippen molar-refractivity contribution in [3.8, 4) is 0 Å². The molecule has 0 aliphatic carbocycles. The minimum absolute atomic E-state index is 0.390. The number of anilines is 1. The van der Waals surface area contributed by atoms with E-state index in [1.54, 1.807) is 0 Å². The van der Waals surface area contributed by atoms with Gasteiger partial charge in [0.25, 0.3) is 0 Å². The molecule has 0 unspecified atom stereocenters. The number of H-pyrrole nitrogens is 1. The van der Waals surface area contributed by atoms with Gasteiger partial charge in [-0.15, -0.1) is 10.2 Å². The summed E-state index contributed by atoms with van der Waals surface area (Å²) in [6.45, 7) is 6.33. The Morgan fingerprint density at radius 3 is 2.86 bits per heavy atom. The fourth-order valence-corrected chi connectivity index (χ4v) is 2.82. The van der Waals surface area contributed by atoms with Crippen molar-refractivity contribution in [1.29, 1.82) is 0 Å². The molecular weight excluding hydrogens is 298 g/mol. The summed E-state index contributed by atoms with van der Waals surface area (Å²) in [5, 5.41) is 14.8. The number of hydrazone groups is 1. The zero-order valence-electron chi connectivity index (χ0n) is 12.8. The van der Waals surface area contributed by atoms with Gasteiger partial charge in [0.1, 0.15) is 0 Å². The summed E-state index contributed by atoms with van der Waals surface area (Å²) < 4.78 is 0. The van der Waals surface area contributed by atoms with Gasteiger partial charge in [0.2, 0.25) is 0 Å². The van der Waals surface area contributed by atoms with Crippen molar-refractivity contribution in [3.05, 3.63) is 29.4 Å². The largest absolute Gasteiger partial charge is 0.351 e. The first-order chi connectivity index (χ1) is 10.6. The summed E-state index contributed by atoms with van der Waals surface area (Å²) in [4.78, 5) is 3.33. The van der Waals surface area contributed by atoms with Crippen molar-refractivity contribution in [2.75, 3.05) is 5.43 Å². The number of halogens is 1. The Morgan fingerprint density at radius 1 is 1.32 bits per heavy atom. The van der Waals surface area contributed by atoms with Crippen LogP contribution in [0.5, 0.6) is 0 Å². The summed E-state index contributed by atoms with van der Waals surface area (Å²) >= 11 is 6.22. The van der Waals surface area contributed by atoms with E-state index in [1.807, 2.05) is 31.2 Å². The lowest BCUT2D eigenvalue weighted by Gasteiger charge is -2.05. The molecule has 3 rings (SSSR count). The molecular formula is C16H18ClN5. The normalized spacial score (nSPS) is 12.5. The van der Waals surface area contributed by atoms with Gasteiger partial charge >= 0.3 is 0 Å². The van der Waals surface area contributed by atoms with Gasteiger partial charge in [-0.1, -0.05) is 43.6 Å². The Bertz CT molecular complexity index is 850. The predicted octanol–water partition coefficient (Wildman–Crippen LogP) is 4.60. The molecule has 3 aromatic rings. The minimum atomic E-state index is 0.390. The highest BCUT2D eigenvalue weighted by atomic mass is 35.5. The van der Waals surface area contributed by atoms with E-state index >= 15 is 0 Å². The van der Waals surface area contributed by atoms with Gasteiger partial charge in [-0.2, -0.15) is 5.10 Å². The average molecular weight is 316 g/mol. The average Bonchev–Trinajstić information content (AvgIpc) is 2.86. The van der Waals surface area contributed by atoms with Crippen molar-refractivity contribution in [2.24, 2.45) is 11.0 Å². The fourth-order valence-electron chi connectivity index (χ4n) is 2.59. The van der Waals surface area contributed by atoms with Gasteiger partial charge < -0.3 is 4.98 Å². The van der Waals surface area contributed by atoms with Crippen molar-refractivity contribution in [2.45, 2.75) is 27.2 Å². The zero-order valence-corrected chi connectivity index (χ0v) is 13.6. The van der Waals surface area contributed by atoms with E-state index in [0.717, 1.165) is 33.9 Å². The lowest BCUT2D eigenvalue weighted by Crippen LogP contribution is -2.03. The van der Waals surface area contributed by atoms with Crippen LogP contribution in [0.15, 0.2) is 29.4 Å². The maximum atomic E-state index is 6.22. The van der Waals surface area contributed by atoms with Crippen LogP contribution in [0.4, 0.5) is 5.82 Å². The van der Waals surface area contributed by atoms with Crippen LogP contribution in [0.2, 0.25) is 5.15 Å². The number of hydrogen-bond acceptors (Lipinski definition) is 4. The van der Waals surface area contributed by atoms with Crippen LogP contribution in [-0.2, 0) is 0 Å². The molecule has 2 aromatic heterocycles. The molecule has 114 valence electrons. The summed E-state index contributed by atoms with van der Waals surface area (Å²) in [6.07, 6.45) is 0.934. The van der Waals surface area contributed by atoms with E-state index in [2.05, 4.69) is 39.6 Å². The molecule has 0 fully saturated rings. The smallest absolute Gasteiger partial charge is 0.193 e. The third-order valence-electron chi connectivity index (χ3n) is 3.44. The van der Waals surface area contributed by atoms with Crippen molar-refractivity contribution < 1.29 is 0 Å². The number of rotatable bonds is 4. The van der Waals surface area contributed by atoms with Gasteiger partial charge in [0, 0.05) is 16.6 Å². The quantitative estimate of drug-likeness (QED) is 0.546. The van der Waals surface area contributed by atoms with E-state index in [4.69, 9.17) is 11.6 Å². The molecule has 0 spiro atoms. The highest BCUT2D eigenvalue weighted by Gasteiger charge is 2.13. The van der Waals surface area contributed by atoms with Crippen LogP contribution in [0.1, 0.15) is 27.2 Å². The Balaban J connectivity index is 2.06. The first-order valence-corrected chi connectivity index (χ1v) is 7.66. The molecule has 6 heteroatoms. The van der Waals surface area contributed by atoms with Crippen LogP contribution >= 0.6 is 11.6 Å². The number of fused-ring (bicyclic) bond motifs is 3. The summed E-state index contributed by atoms with van der Waals surface area (Å²) in [7, 11) is 0. The number of nitrogens with zero attached hydrogens (tertiary/aromatic N) is 3. The Hall–Kier alpha value is -2.14. The minimum Gasteiger partial charge on any atom is -0.351 e. The maximum Gasteiger partial charge on any atom is 0.193 e. The summed E-state index contributed by atoms with van der Waals surface area (Å²) in [5.41, 5.74) is 5.85.